The lowest BCUT2D eigenvalue weighted by atomic mass is 9.68. The van der Waals surface area contributed by atoms with Crippen LogP contribution in [-0.4, -0.2) is 0 Å². The van der Waals surface area contributed by atoms with Gasteiger partial charge in [0.1, 0.15) is 11.3 Å². The molecule has 0 rings (SSSR count). The highest BCUT2D eigenvalue weighted by molar-refractivity contribution is 5.40. The third-order valence-electron chi connectivity index (χ3n) is 7.43. The van der Waals surface area contributed by atoms with Crippen molar-refractivity contribution in [3.05, 3.63) is 0 Å². The van der Waals surface area contributed by atoms with Gasteiger partial charge in [0.25, 0.3) is 0 Å². The summed E-state index contributed by atoms with van der Waals surface area (Å²) in [6, 6.07) is 0. The van der Waals surface area contributed by atoms with E-state index in [0.29, 0.717) is 6.42 Å². The van der Waals surface area contributed by atoms with Gasteiger partial charge < -0.3 is 0 Å². The highest BCUT2D eigenvalue weighted by Gasteiger charge is 2.38. The molecule has 0 aliphatic rings. The molecule has 0 aromatic rings. The molecule has 0 amide bonds. The average molecular weight is 591 g/mol. The van der Waals surface area contributed by atoms with E-state index in [1.807, 2.05) is 0 Å². The molecule has 238 valence electrons. The number of rotatable bonds is 17. The summed E-state index contributed by atoms with van der Waals surface area (Å²) in [5.41, 5.74) is -0.733. The predicted molar refractivity (Wildman–Crippen MR) is 195 cm³/mol. The van der Waals surface area contributed by atoms with E-state index in [0.717, 1.165) is 96.3 Å². The molecule has 0 saturated carbocycles. The summed E-state index contributed by atoms with van der Waals surface area (Å²) in [7, 11) is 0. The fourth-order valence-corrected chi connectivity index (χ4v) is 4.56. The fraction of sp³-hybridized carbons (Fsp3) is 0.682. The molecular weight excluding hydrogens is 528 g/mol. The van der Waals surface area contributed by atoms with Crippen LogP contribution in [-0.2, 0) is 0 Å². The van der Waals surface area contributed by atoms with Crippen LogP contribution in [0.25, 0.3) is 0 Å². The lowest BCUT2D eigenvalue weighted by Gasteiger charge is -2.30. The minimum Gasteiger partial charge on any atom is -0.119 e. The van der Waals surface area contributed by atoms with Crippen molar-refractivity contribution in [3.63, 3.8) is 0 Å². The molecule has 4 unspecified atom stereocenters. The molecule has 0 spiro atoms. The first-order chi connectivity index (χ1) is 21.6. The SMILES string of the molecule is C#CC(C#CCCCC)C(C#CCCC)CC(C#CCCCC)(C#CCCCCC)C(C#CCCCC)C#CCCCCC. The monoisotopic (exact) mass is 590 g/mol. The van der Waals surface area contributed by atoms with Crippen LogP contribution < -0.4 is 0 Å². The standard InChI is InChI=1S/C44H62/c1-8-15-21-26-31-37-43(36-30-24-18-11-4)44(38-32-25-19-12-5,39-33-27-22-16-9-2)40-42(35-28-20-13-6)41(14-7)34-29-23-17-10-3/h7,41-43H,8-13,15-27,40H2,1-6H3. The van der Waals surface area contributed by atoms with E-state index in [1.165, 1.54) is 25.7 Å². The Balaban J connectivity index is 7.27. The third-order valence-corrected chi connectivity index (χ3v) is 7.43. The van der Waals surface area contributed by atoms with Crippen LogP contribution in [0.5, 0.6) is 0 Å². The van der Waals surface area contributed by atoms with Crippen LogP contribution in [0.1, 0.15) is 170 Å². The molecule has 0 bridgehead atoms. The van der Waals surface area contributed by atoms with Gasteiger partial charge in [-0.15, -0.1) is 41.9 Å². The van der Waals surface area contributed by atoms with Gasteiger partial charge in [-0.2, -0.15) is 0 Å². The predicted octanol–water partition coefficient (Wildman–Crippen LogP) is 11.4. The molecule has 4 atom stereocenters. The molecular formula is C44H62. The molecule has 0 fully saturated rings. The normalized spacial score (nSPS) is 12.9. The molecule has 0 N–H and O–H groups in total. The zero-order chi connectivity index (χ0) is 32.6. The van der Waals surface area contributed by atoms with Gasteiger partial charge in [0.2, 0.25) is 0 Å². The van der Waals surface area contributed by atoms with Crippen molar-refractivity contribution in [2.75, 3.05) is 0 Å². The van der Waals surface area contributed by atoms with Gasteiger partial charge in [0.05, 0.1) is 5.92 Å². The second-order valence-electron chi connectivity index (χ2n) is 11.7. The Hall–Kier alpha value is -3.08. The quantitative estimate of drug-likeness (QED) is 0.117. The Bertz CT molecular complexity index is 1150. The highest BCUT2D eigenvalue weighted by Crippen LogP contribution is 2.37. The van der Waals surface area contributed by atoms with Gasteiger partial charge in [-0.25, -0.2) is 0 Å². The summed E-state index contributed by atoms with van der Waals surface area (Å²) in [5.74, 6) is 44.8. The number of terminal acetylenes is 1. The Kier molecular flexibility index (Phi) is 27.9. The van der Waals surface area contributed by atoms with E-state index in [4.69, 9.17) is 6.42 Å². The van der Waals surface area contributed by atoms with Crippen molar-refractivity contribution in [3.8, 4) is 83.4 Å². The first kappa shape index (κ1) is 40.9. The van der Waals surface area contributed by atoms with Crippen molar-refractivity contribution in [1.82, 2.24) is 0 Å². The first-order valence-electron chi connectivity index (χ1n) is 18.0. The van der Waals surface area contributed by atoms with E-state index < -0.39 is 5.41 Å². The van der Waals surface area contributed by atoms with Crippen molar-refractivity contribution in [1.29, 1.82) is 0 Å². The van der Waals surface area contributed by atoms with Crippen LogP contribution in [0.4, 0.5) is 0 Å². The second kappa shape index (κ2) is 30.0. The maximum atomic E-state index is 6.17. The van der Waals surface area contributed by atoms with Gasteiger partial charge >= 0.3 is 0 Å². The summed E-state index contributed by atoms with van der Waals surface area (Å²) in [5, 5.41) is 0. The maximum Gasteiger partial charge on any atom is 0.118 e. The zero-order valence-electron chi connectivity index (χ0n) is 29.5. The van der Waals surface area contributed by atoms with Crippen LogP contribution >= 0.6 is 0 Å². The molecule has 44 heavy (non-hydrogen) atoms. The Morgan fingerprint density at radius 3 is 1.36 bits per heavy atom. The van der Waals surface area contributed by atoms with Crippen molar-refractivity contribution in [2.45, 2.75) is 170 Å². The number of unbranched alkanes of at least 4 members (excludes halogenated alkanes) is 13. The smallest absolute Gasteiger partial charge is 0.118 e. The van der Waals surface area contributed by atoms with Crippen LogP contribution in [0, 0.1) is 107 Å². The van der Waals surface area contributed by atoms with Crippen molar-refractivity contribution in [2.24, 2.45) is 23.2 Å². The molecule has 0 heterocycles. The van der Waals surface area contributed by atoms with Gasteiger partial charge in [0, 0.05) is 44.4 Å². The van der Waals surface area contributed by atoms with E-state index in [9.17, 15) is 0 Å². The van der Waals surface area contributed by atoms with Crippen molar-refractivity contribution >= 4 is 0 Å². The Labute approximate surface area is 275 Å². The summed E-state index contributed by atoms with van der Waals surface area (Å²) < 4.78 is 0. The summed E-state index contributed by atoms with van der Waals surface area (Å²) in [4.78, 5) is 0. The maximum absolute atomic E-state index is 6.17. The van der Waals surface area contributed by atoms with E-state index in [1.54, 1.807) is 0 Å². The molecule has 0 nitrogen and oxygen atoms in total. The van der Waals surface area contributed by atoms with Gasteiger partial charge in [-0.1, -0.05) is 128 Å². The zero-order valence-corrected chi connectivity index (χ0v) is 29.5. The molecule has 0 aliphatic heterocycles. The third kappa shape index (κ3) is 20.0. The first-order valence-corrected chi connectivity index (χ1v) is 18.0. The second-order valence-corrected chi connectivity index (χ2v) is 11.7. The minimum atomic E-state index is -0.733. The van der Waals surface area contributed by atoms with E-state index in [2.05, 4.69) is 119 Å². The van der Waals surface area contributed by atoms with Crippen molar-refractivity contribution < 1.29 is 0 Å². The Morgan fingerprint density at radius 1 is 0.455 bits per heavy atom. The minimum absolute atomic E-state index is 0.145. The molecule has 0 radical (unpaired) electrons. The summed E-state index contributed by atoms with van der Waals surface area (Å²) >= 11 is 0. The topological polar surface area (TPSA) is 0 Å². The van der Waals surface area contributed by atoms with Gasteiger partial charge in [-0.05, 0) is 44.9 Å². The average Bonchev–Trinajstić information content (AvgIpc) is 3.03. The van der Waals surface area contributed by atoms with E-state index >= 15 is 0 Å². The highest BCUT2D eigenvalue weighted by atomic mass is 14.4. The number of hydrogen-bond donors (Lipinski definition) is 0. The van der Waals surface area contributed by atoms with Crippen LogP contribution in [0.3, 0.4) is 0 Å². The largest absolute Gasteiger partial charge is 0.119 e. The van der Waals surface area contributed by atoms with E-state index in [-0.39, 0.29) is 17.8 Å². The van der Waals surface area contributed by atoms with Crippen LogP contribution in [0.2, 0.25) is 0 Å². The lowest BCUT2D eigenvalue weighted by Crippen LogP contribution is -2.31. The fourth-order valence-electron chi connectivity index (χ4n) is 4.56. The van der Waals surface area contributed by atoms with Crippen LogP contribution in [0.15, 0.2) is 0 Å². The summed E-state index contributed by atoms with van der Waals surface area (Å²) in [6.07, 6.45) is 26.4. The summed E-state index contributed by atoms with van der Waals surface area (Å²) in [6.45, 7) is 13.2. The Morgan fingerprint density at radius 2 is 0.886 bits per heavy atom. The number of hydrogen-bond acceptors (Lipinski definition) is 0. The molecule has 0 aliphatic carbocycles. The molecule has 0 aromatic carbocycles. The molecule has 0 aromatic heterocycles. The molecule has 0 heteroatoms. The van der Waals surface area contributed by atoms with Gasteiger partial charge in [0.15, 0.2) is 0 Å². The molecule has 0 saturated heterocycles. The van der Waals surface area contributed by atoms with Gasteiger partial charge in [-0.3, -0.25) is 0 Å². The lowest BCUT2D eigenvalue weighted by molar-refractivity contribution is 0.364.